The van der Waals surface area contributed by atoms with E-state index < -0.39 is 11.8 Å². The summed E-state index contributed by atoms with van der Waals surface area (Å²) in [6.07, 6.45) is 4.35. The van der Waals surface area contributed by atoms with Gasteiger partial charge in [-0.15, -0.1) is 0 Å². The number of rotatable bonds is 9. The van der Waals surface area contributed by atoms with Crippen LogP contribution in [0, 0.1) is 0 Å². The second-order valence-corrected chi connectivity index (χ2v) is 6.05. The molecule has 0 saturated heterocycles. The maximum atomic E-state index is 11.9. The standard InChI is InChI=1S/C22H26O3/c1-4-10-18-13-15-19(16-14-18)17-22(6-3,25-21(23)5-2)24-20-11-8-7-9-12-20/h5,7-9,11-16H,2,4,6,10,17H2,1,3H3. The molecular weight excluding hydrogens is 312 g/mol. The third kappa shape index (κ3) is 5.49. The van der Waals surface area contributed by atoms with Crippen LogP contribution in [0.15, 0.2) is 67.3 Å². The van der Waals surface area contributed by atoms with Crippen LogP contribution < -0.4 is 4.74 Å². The SMILES string of the molecule is C=CC(=O)OC(CC)(Cc1ccc(CCC)cc1)Oc1ccccc1. The van der Waals surface area contributed by atoms with Gasteiger partial charge in [0.25, 0.3) is 5.79 Å². The van der Waals surface area contributed by atoms with Gasteiger partial charge in [-0.25, -0.2) is 4.79 Å². The highest BCUT2D eigenvalue weighted by Crippen LogP contribution is 2.27. The van der Waals surface area contributed by atoms with Gasteiger partial charge in [0.2, 0.25) is 0 Å². The summed E-state index contributed by atoms with van der Waals surface area (Å²) in [5.41, 5.74) is 2.37. The van der Waals surface area contributed by atoms with Crippen molar-refractivity contribution in [2.45, 2.75) is 45.3 Å². The number of aryl methyl sites for hydroxylation is 1. The average molecular weight is 338 g/mol. The molecule has 0 aliphatic carbocycles. The minimum Gasteiger partial charge on any atom is -0.452 e. The molecule has 0 heterocycles. The molecule has 0 aliphatic heterocycles. The minimum absolute atomic E-state index is 0.477. The molecule has 25 heavy (non-hydrogen) atoms. The molecule has 0 radical (unpaired) electrons. The molecule has 3 nitrogen and oxygen atoms in total. The first-order chi connectivity index (χ1) is 12.1. The van der Waals surface area contributed by atoms with Crippen LogP contribution in [0.5, 0.6) is 5.75 Å². The van der Waals surface area contributed by atoms with E-state index in [4.69, 9.17) is 9.47 Å². The lowest BCUT2D eigenvalue weighted by atomic mass is 10.00. The van der Waals surface area contributed by atoms with Gasteiger partial charge in [-0.05, 0) is 29.7 Å². The summed E-state index contributed by atoms with van der Waals surface area (Å²) in [6, 6.07) is 17.8. The molecule has 1 atom stereocenters. The Morgan fingerprint density at radius 3 is 2.24 bits per heavy atom. The first kappa shape index (κ1) is 18.8. The van der Waals surface area contributed by atoms with Crippen LogP contribution in [-0.2, 0) is 22.4 Å². The van der Waals surface area contributed by atoms with Gasteiger partial charge in [0.15, 0.2) is 0 Å². The van der Waals surface area contributed by atoms with Gasteiger partial charge in [0, 0.05) is 12.5 Å². The van der Waals surface area contributed by atoms with Crippen molar-refractivity contribution in [3.63, 3.8) is 0 Å². The van der Waals surface area contributed by atoms with Crippen molar-refractivity contribution in [1.82, 2.24) is 0 Å². The summed E-state index contributed by atoms with van der Waals surface area (Å²) < 4.78 is 11.8. The van der Waals surface area contributed by atoms with Crippen LogP contribution in [0.1, 0.15) is 37.8 Å². The number of carbonyl (C=O) groups is 1. The van der Waals surface area contributed by atoms with E-state index in [1.54, 1.807) is 0 Å². The van der Waals surface area contributed by atoms with E-state index in [0.717, 1.165) is 18.4 Å². The highest BCUT2D eigenvalue weighted by atomic mass is 16.7. The molecule has 0 spiro atoms. The van der Waals surface area contributed by atoms with Crippen LogP contribution in [0.2, 0.25) is 0 Å². The molecule has 0 amide bonds. The fourth-order valence-electron chi connectivity index (χ4n) is 2.71. The Hall–Kier alpha value is -2.55. The van der Waals surface area contributed by atoms with Crippen molar-refractivity contribution in [2.75, 3.05) is 0 Å². The van der Waals surface area contributed by atoms with E-state index in [1.807, 2.05) is 37.3 Å². The second-order valence-electron chi connectivity index (χ2n) is 6.05. The van der Waals surface area contributed by atoms with E-state index in [-0.39, 0.29) is 0 Å². The predicted octanol–water partition coefficient (Wildman–Crippen LogP) is 5.10. The van der Waals surface area contributed by atoms with Gasteiger partial charge >= 0.3 is 5.97 Å². The van der Waals surface area contributed by atoms with E-state index in [9.17, 15) is 4.79 Å². The van der Waals surface area contributed by atoms with Gasteiger partial charge in [-0.3, -0.25) is 0 Å². The molecule has 0 N–H and O–H groups in total. The molecule has 1 unspecified atom stereocenters. The van der Waals surface area contributed by atoms with Crippen LogP contribution in [0.3, 0.4) is 0 Å². The van der Waals surface area contributed by atoms with Gasteiger partial charge in [0.05, 0.1) is 6.42 Å². The fraction of sp³-hybridized carbons (Fsp3) is 0.318. The number of carbonyl (C=O) groups excluding carboxylic acids is 1. The molecule has 0 bridgehead atoms. The highest BCUT2D eigenvalue weighted by molar-refractivity contribution is 5.81. The molecule has 2 aromatic carbocycles. The quantitative estimate of drug-likeness (QED) is 0.363. The number of esters is 1. The molecule has 2 rings (SSSR count). The van der Waals surface area contributed by atoms with Crippen molar-refractivity contribution in [3.8, 4) is 5.75 Å². The number of benzene rings is 2. The minimum atomic E-state index is -1.06. The lowest BCUT2D eigenvalue weighted by molar-refractivity contribution is -0.193. The maximum Gasteiger partial charge on any atom is 0.333 e. The Morgan fingerprint density at radius 1 is 1.04 bits per heavy atom. The molecular formula is C22H26O3. The summed E-state index contributed by atoms with van der Waals surface area (Å²) in [5, 5.41) is 0. The molecule has 2 aromatic rings. The summed E-state index contributed by atoms with van der Waals surface area (Å²) in [4.78, 5) is 11.9. The van der Waals surface area contributed by atoms with Crippen molar-refractivity contribution >= 4 is 5.97 Å². The Kier molecular flexibility index (Phi) is 6.81. The van der Waals surface area contributed by atoms with Crippen LogP contribution in [0.25, 0.3) is 0 Å². The maximum absolute atomic E-state index is 11.9. The Labute approximate surface area is 150 Å². The molecule has 0 saturated carbocycles. The number of hydrogen-bond acceptors (Lipinski definition) is 3. The number of ether oxygens (including phenoxy) is 2. The highest BCUT2D eigenvalue weighted by Gasteiger charge is 2.35. The van der Waals surface area contributed by atoms with Crippen molar-refractivity contribution in [1.29, 1.82) is 0 Å². The Bertz CT molecular complexity index is 676. The van der Waals surface area contributed by atoms with Crippen molar-refractivity contribution in [3.05, 3.63) is 78.4 Å². The fourth-order valence-corrected chi connectivity index (χ4v) is 2.71. The van der Waals surface area contributed by atoms with Gasteiger partial charge in [-0.2, -0.15) is 0 Å². The zero-order valence-corrected chi connectivity index (χ0v) is 15.0. The molecule has 0 aliphatic rings. The Balaban J connectivity index is 2.25. The van der Waals surface area contributed by atoms with Crippen LogP contribution in [-0.4, -0.2) is 11.8 Å². The van der Waals surface area contributed by atoms with E-state index in [0.29, 0.717) is 18.6 Å². The summed E-state index contributed by atoms with van der Waals surface area (Å²) in [7, 11) is 0. The third-order valence-corrected chi connectivity index (χ3v) is 4.07. The van der Waals surface area contributed by atoms with Gasteiger partial charge in [0.1, 0.15) is 5.75 Å². The molecule has 132 valence electrons. The first-order valence-corrected chi connectivity index (χ1v) is 8.78. The van der Waals surface area contributed by atoms with Gasteiger partial charge < -0.3 is 9.47 Å². The second kappa shape index (κ2) is 9.07. The normalized spacial score (nSPS) is 12.9. The van der Waals surface area contributed by atoms with E-state index >= 15 is 0 Å². The zero-order chi connectivity index (χ0) is 18.1. The van der Waals surface area contributed by atoms with Gasteiger partial charge in [-0.1, -0.05) is 69.3 Å². The van der Waals surface area contributed by atoms with E-state index in [1.165, 1.54) is 11.6 Å². The molecule has 3 heteroatoms. The number of hydrogen-bond donors (Lipinski definition) is 0. The van der Waals surface area contributed by atoms with Crippen LogP contribution >= 0.6 is 0 Å². The summed E-state index contributed by atoms with van der Waals surface area (Å²) >= 11 is 0. The van der Waals surface area contributed by atoms with Crippen molar-refractivity contribution < 1.29 is 14.3 Å². The van der Waals surface area contributed by atoms with E-state index in [2.05, 4.69) is 37.8 Å². The Morgan fingerprint density at radius 2 is 1.68 bits per heavy atom. The third-order valence-electron chi connectivity index (χ3n) is 4.07. The largest absolute Gasteiger partial charge is 0.452 e. The predicted molar refractivity (Wildman–Crippen MR) is 101 cm³/mol. The summed E-state index contributed by atoms with van der Waals surface area (Å²) in [5.74, 6) is -0.872. The smallest absolute Gasteiger partial charge is 0.333 e. The summed E-state index contributed by atoms with van der Waals surface area (Å²) in [6.45, 7) is 7.61. The topological polar surface area (TPSA) is 35.5 Å². The number of para-hydroxylation sites is 1. The molecule has 0 fully saturated rings. The monoisotopic (exact) mass is 338 g/mol. The van der Waals surface area contributed by atoms with Crippen molar-refractivity contribution in [2.24, 2.45) is 0 Å². The lowest BCUT2D eigenvalue weighted by Crippen LogP contribution is -2.42. The van der Waals surface area contributed by atoms with Crippen LogP contribution in [0.4, 0.5) is 0 Å². The molecule has 0 aromatic heterocycles. The zero-order valence-electron chi connectivity index (χ0n) is 15.0. The lowest BCUT2D eigenvalue weighted by Gasteiger charge is -2.33. The average Bonchev–Trinajstić information content (AvgIpc) is 2.64. The first-order valence-electron chi connectivity index (χ1n) is 8.78.